The Morgan fingerprint density at radius 3 is 2.53 bits per heavy atom. The standard InChI is InChI=1S/C24H24F2N4O3S/c25-17-9-15(10-18(26)12-17)14-27-22(32)16-5-4-6-19(11-16)28-21(31)13-20-23(33)29-24(34-20)30-7-2-1-3-8-30/h4-6,9-12,20H,1-3,7-8,13-14H2,(H,27,32)(H,28,31). The van der Waals surface area contributed by atoms with E-state index in [-0.39, 0.29) is 30.3 Å². The van der Waals surface area contributed by atoms with Crippen LogP contribution in [0.15, 0.2) is 47.5 Å². The summed E-state index contributed by atoms with van der Waals surface area (Å²) in [6.45, 7) is 1.70. The van der Waals surface area contributed by atoms with Crippen LogP contribution in [0.5, 0.6) is 0 Å². The van der Waals surface area contributed by atoms with Crippen molar-refractivity contribution in [2.45, 2.75) is 37.5 Å². The fourth-order valence-corrected chi connectivity index (χ4v) is 4.96. The van der Waals surface area contributed by atoms with Crippen LogP contribution < -0.4 is 10.6 Å². The molecule has 1 fully saturated rings. The van der Waals surface area contributed by atoms with E-state index in [1.807, 2.05) is 0 Å². The van der Waals surface area contributed by atoms with Crippen molar-refractivity contribution in [3.8, 4) is 0 Å². The Morgan fingerprint density at radius 1 is 1.06 bits per heavy atom. The Hall–Kier alpha value is -3.27. The molecule has 34 heavy (non-hydrogen) atoms. The number of hydrogen-bond acceptors (Lipinski definition) is 5. The van der Waals surface area contributed by atoms with Crippen LogP contribution in [0.2, 0.25) is 0 Å². The van der Waals surface area contributed by atoms with Crippen molar-refractivity contribution < 1.29 is 23.2 Å². The lowest BCUT2D eigenvalue weighted by Gasteiger charge is -2.27. The van der Waals surface area contributed by atoms with Crippen LogP contribution in [0.3, 0.4) is 0 Å². The number of rotatable bonds is 6. The maximum Gasteiger partial charge on any atom is 0.262 e. The molecule has 0 spiro atoms. The number of piperidine rings is 1. The van der Waals surface area contributed by atoms with Crippen molar-refractivity contribution in [3.63, 3.8) is 0 Å². The quantitative estimate of drug-likeness (QED) is 0.650. The molecule has 1 unspecified atom stereocenters. The Bertz CT molecular complexity index is 1110. The maximum absolute atomic E-state index is 13.3. The molecule has 1 atom stereocenters. The first-order valence-corrected chi connectivity index (χ1v) is 11.9. The summed E-state index contributed by atoms with van der Waals surface area (Å²) in [6, 6.07) is 9.35. The van der Waals surface area contributed by atoms with Crippen molar-refractivity contribution in [2.24, 2.45) is 4.99 Å². The molecule has 2 N–H and O–H groups in total. The van der Waals surface area contributed by atoms with Crippen molar-refractivity contribution in [3.05, 3.63) is 65.2 Å². The van der Waals surface area contributed by atoms with Gasteiger partial charge in [-0.05, 0) is 55.2 Å². The van der Waals surface area contributed by atoms with E-state index in [0.717, 1.165) is 44.1 Å². The number of benzene rings is 2. The number of nitrogens with one attached hydrogen (secondary N) is 2. The van der Waals surface area contributed by atoms with Gasteiger partial charge in [-0.1, -0.05) is 17.8 Å². The summed E-state index contributed by atoms with van der Waals surface area (Å²) >= 11 is 1.33. The van der Waals surface area contributed by atoms with Gasteiger partial charge in [0.1, 0.15) is 16.9 Å². The molecule has 10 heteroatoms. The highest BCUT2D eigenvalue weighted by atomic mass is 32.2. The predicted octanol–water partition coefficient (Wildman–Crippen LogP) is 3.71. The van der Waals surface area contributed by atoms with Gasteiger partial charge in [-0.2, -0.15) is 4.99 Å². The topological polar surface area (TPSA) is 90.9 Å². The number of carbonyl (C=O) groups is 3. The van der Waals surface area contributed by atoms with Crippen LogP contribution in [0, 0.1) is 11.6 Å². The van der Waals surface area contributed by atoms with E-state index >= 15 is 0 Å². The summed E-state index contributed by atoms with van der Waals surface area (Å²) in [5, 5.41) is 5.45. The molecule has 4 rings (SSSR count). The minimum absolute atomic E-state index is 0.0219. The van der Waals surface area contributed by atoms with E-state index in [9.17, 15) is 23.2 Å². The smallest absolute Gasteiger partial charge is 0.262 e. The predicted molar refractivity (Wildman–Crippen MR) is 126 cm³/mol. The largest absolute Gasteiger partial charge is 0.351 e. The molecule has 2 aromatic carbocycles. The number of carbonyl (C=O) groups excluding carboxylic acids is 3. The Labute approximate surface area is 200 Å². The number of amides is 3. The number of thioether (sulfide) groups is 1. The summed E-state index contributed by atoms with van der Waals surface area (Å²) < 4.78 is 26.6. The van der Waals surface area contributed by atoms with Gasteiger partial charge in [0.25, 0.3) is 11.8 Å². The van der Waals surface area contributed by atoms with Gasteiger partial charge in [0.05, 0.1) is 0 Å². The second-order valence-corrected chi connectivity index (χ2v) is 9.35. The van der Waals surface area contributed by atoms with Crippen LogP contribution in [-0.4, -0.2) is 46.1 Å². The average Bonchev–Trinajstić information content (AvgIpc) is 3.17. The fourth-order valence-electron chi connectivity index (χ4n) is 3.85. The molecular weight excluding hydrogens is 462 g/mol. The second-order valence-electron chi connectivity index (χ2n) is 8.18. The molecule has 2 aliphatic rings. The highest BCUT2D eigenvalue weighted by Crippen LogP contribution is 2.29. The molecule has 0 aliphatic carbocycles. The summed E-state index contributed by atoms with van der Waals surface area (Å²) in [5.41, 5.74) is 0.971. The first-order valence-electron chi connectivity index (χ1n) is 11.0. The Morgan fingerprint density at radius 2 is 1.79 bits per heavy atom. The molecule has 178 valence electrons. The Kier molecular flexibility index (Phi) is 7.56. The monoisotopic (exact) mass is 486 g/mol. The van der Waals surface area contributed by atoms with Crippen LogP contribution >= 0.6 is 11.8 Å². The molecule has 7 nitrogen and oxygen atoms in total. The molecule has 2 heterocycles. The third kappa shape index (κ3) is 6.19. The summed E-state index contributed by atoms with van der Waals surface area (Å²) in [5.74, 6) is -2.55. The maximum atomic E-state index is 13.3. The van der Waals surface area contributed by atoms with Gasteiger partial charge in [-0.15, -0.1) is 0 Å². The SMILES string of the molecule is O=C(CC1SC(N2CCCCC2)=NC1=O)Nc1cccc(C(=O)NCc2cc(F)cc(F)c2)c1. The van der Waals surface area contributed by atoms with Gasteiger partial charge >= 0.3 is 0 Å². The number of nitrogens with zero attached hydrogens (tertiary/aromatic N) is 2. The highest BCUT2D eigenvalue weighted by molar-refractivity contribution is 8.15. The van der Waals surface area contributed by atoms with Crippen molar-refractivity contribution in [1.29, 1.82) is 0 Å². The number of anilines is 1. The van der Waals surface area contributed by atoms with Crippen LogP contribution in [0.25, 0.3) is 0 Å². The van der Waals surface area contributed by atoms with Crippen molar-refractivity contribution >= 4 is 40.3 Å². The van der Waals surface area contributed by atoms with Gasteiger partial charge in [0, 0.05) is 43.4 Å². The number of amidine groups is 1. The summed E-state index contributed by atoms with van der Waals surface area (Å²) in [6.07, 6.45) is 3.30. The molecule has 0 radical (unpaired) electrons. The van der Waals surface area contributed by atoms with E-state index in [1.165, 1.54) is 24.2 Å². The average molecular weight is 487 g/mol. The lowest BCUT2D eigenvalue weighted by molar-refractivity contribution is -0.121. The zero-order chi connectivity index (χ0) is 24.1. The van der Waals surface area contributed by atoms with E-state index in [1.54, 1.807) is 18.2 Å². The molecule has 0 aromatic heterocycles. The van der Waals surface area contributed by atoms with Gasteiger partial charge < -0.3 is 15.5 Å². The zero-order valence-corrected chi connectivity index (χ0v) is 19.2. The number of halogens is 2. The highest BCUT2D eigenvalue weighted by Gasteiger charge is 2.33. The van der Waals surface area contributed by atoms with E-state index in [0.29, 0.717) is 16.4 Å². The minimum Gasteiger partial charge on any atom is -0.351 e. The van der Waals surface area contributed by atoms with Crippen LogP contribution in [-0.2, 0) is 16.1 Å². The van der Waals surface area contributed by atoms with Crippen LogP contribution in [0.4, 0.5) is 14.5 Å². The van der Waals surface area contributed by atoms with Crippen LogP contribution in [0.1, 0.15) is 41.6 Å². The lowest BCUT2D eigenvalue weighted by atomic mass is 10.1. The zero-order valence-electron chi connectivity index (χ0n) is 18.4. The van der Waals surface area contributed by atoms with E-state index in [4.69, 9.17) is 0 Å². The molecule has 1 saturated heterocycles. The summed E-state index contributed by atoms with van der Waals surface area (Å²) in [7, 11) is 0. The molecule has 3 amide bonds. The lowest BCUT2D eigenvalue weighted by Crippen LogP contribution is -2.33. The molecule has 2 aromatic rings. The molecule has 0 saturated carbocycles. The number of aliphatic imine (C=N–C) groups is 1. The van der Waals surface area contributed by atoms with Crippen molar-refractivity contribution in [2.75, 3.05) is 18.4 Å². The normalized spacial score (nSPS) is 17.9. The van der Waals surface area contributed by atoms with E-state index in [2.05, 4.69) is 20.5 Å². The van der Waals surface area contributed by atoms with Gasteiger partial charge in [-0.25, -0.2) is 8.78 Å². The van der Waals surface area contributed by atoms with Crippen molar-refractivity contribution in [1.82, 2.24) is 10.2 Å². The fraction of sp³-hybridized carbons (Fsp3) is 0.333. The van der Waals surface area contributed by atoms with E-state index < -0.39 is 22.8 Å². The third-order valence-electron chi connectivity index (χ3n) is 5.51. The first-order chi connectivity index (χ1) is 16.4. The van der Waals surface area contributed by atoms with Gasteiger partial charge in [0.15, 0.2) is 5.17 Å². The number of likely N-dealkylation sites (tertiary alicyclic amines) is 1. The molecule has 2 aliphatic heterocycles. The molecule has 0 bridgehead atoms. The second kappa shape index (κ2) is 10.8. The third-order valence-corrected chi connectivity index (χ3v) is 6.72. The minimum atomic E-state index is -0.721. The molecular formula is C24H24F2N4O3S. The van der Waals surface area contributed by atoms with Gasteiger partial charge in [0.2, 0.25) is 5.91 Å². The number of hydrogen-bond donors (Lipinski definition) is 2. The van der Waals surface area contributed by atoms with Gasteiger partial charge in [-0.3, -0.25) is 14.4 Å². The summed E-state index contributed by atoms with van der Waals surface area (Å²) in [4.78, 5) is 43.5. The first kappa shape index (κ1) is 23.9. The Balaban J connectivity index is 1.30.